The second kappa shape index (κ2) is 9.02. The molecule has 0 bridgehead atoms. The van der Waals surface area contributed by atoms with Crippen LogP contribution in [-0.2, 0) is 11.2 Å². The van der Waals surface area contributed by atoms with Gasteiger partial charge in [0, 0.05) is 22.5 Å². The molecule has 4 rings (SSSR count). The van der Waals surface area contributed by atoms with Gasteiger partial charge < -0.3 is 14.8 Å². The molecule has 1 aromatic carbocycles. The summed E-state index contributed by atoms with van der Waals surface area (Å²) in [5.74, 6) is 1.21. The van der Waals surface area contributed by atoms with Crippen molar-refractivity contribution in [3.63, 3.8) is 0 Å². The van der Waals surface area contributed by atoms with Crippen molar-refractivity contribution in [2.45, 2.75) is 6.42 Å². The highest BCUT2D eigenvalue weighted by Gasteiger charge is 2.14. The summed E-state index contributed by atoms with van der Waals surface area (Å²) in [7, 11) is 3.21. The fourth-order valence-corrected chi connectivity index (χ4v) is 4.31. The molecular formula is C21H18N4O3S2. The van der Waals surface area contributed by atoms with Gasteiger partial charge in [-0.2, -0.15) is 0 Å². The summed E-state index contributed by atoms with van der Waals surface area (Å²) in [6.45, 7) is 0. The number of carbonyl (C=O) groups is 1. The van der Waals surface area contributed by atoms with Crippen LogP contribution in [0.5, 0.6) is 11.5 Å². The molecule has 0 spiro atoms. The molecule has 0 fully saturated rings. The lowest BCUT2D eigenvalue weighted by molar-refractivity contribution is -0.115. The summed E-state index contributed by atoms with van der Waals surface area (Å²) < 4.78 is 10.7. The van der Waals surface area contributed by atoms with E-state index in [1.165, 1.54) is 22.7 Å². The van der Waals surface area contributed by atoms with Crippen molar-refractivity contribution < 1.29 is 14.3 Å². The molecule has 0 atom stereocenters. The van der Waals surface area contributed by atoms with Crippen molar-refractivity contribution in [3.8, 4) is 33.5 Å². The molecule has 152 valence electrons. The van der Waals surface area contributed by atoms with Crippen LogP contribution in [0, 0.1) is 0 Å². The topological polar surface area (TPSA) is 86.2 Å². The number of rotatable bonds is 7. The van der Waals surface area contributed by atoms with E-state index in [2.05, 4.69) is 20.3 Å². The number of methoxy groups -OCH3 is 2. The highest BCUT2D eigenvalue weighted by atomic mass is 32.1. The Balaban J connectivity index is 1.44. The molecule has 0 saturated carbocycles. The standard InChI is InChI=1S/C21H18N4O3S2/c1-27-14-6-7-18(28-2)15(10-14)17-12-30-21(24-17)25-19(26)9-13-11-29-20(23-13)16-5-3-4-8-22-16/h3-8,10-12H,9H2,1-2H3,(H,24,25,26). The molecule has 0 aliphatic rings. The van der Waals surface area contributed by atoms with Crippen LogP contribution in [0.2, 0.25) is 0 Å². The fraction of sp³-hybridized carbons (Fsp3) is 0.143. The Hall–Kier alpha value is -3.30. The SMILES string of the molecule is COc1ccc(OC)c(-c2csc(NC(=O)Cc3csc(-c4ccccn4)n3)n2)c1. The molecule has 0 radical (unpaired) electrons. The van der Waals surface area contributed by atoms with Crippen LogP contribution >= 0.6 is 22.7 Å². The monoisotopic (exact) mass is 438 g/mol. The number of aromatic nitrogens is 3. The van der Waals surface area contributed by atoms with Crippen molar-refractivity contribution in [2.24, 2.45) is 0 Å². The van der Waals surface area contributed by atoms with Gasteiger partial charge >= 0.3 is 0 Å². The molecule has 0 aliphatic heterocycles. The number of pyridine rings is 1. The number of carbonyl (C=O) groups excluding carboxylic acids is 1. The minimum absolute atomic E-state index is 0.167. The third kappa shape index (κ3) is 4.47. The average molecular weight is 439 g/mol. The number of nitrogens with one attached hydrogen (secondary N) is 1. The Bertz CT molecular complexity index is 1160. The highest BCUT2D eigenvalue weighted by molar-refractivity contribution is 7.14. The van der Waals surface area contributed by atoms with Crippen LogP contribution < -0.4 is 14.8 Å². The van der Waals surface area contributed by atoms with Gasteiger partial charge in [-0.05, 0) is 30.3 Å². The lowest BCUT2D eigenvalue weighted by Crippen LogP contribution is -2.14. The molecule has 9 heteroatoms. The van der Waals surface area contributed by atoms with Crippen molar-refractivity contribution in [1.29, 1.82) is 0 Å². The van der Waals surface area contributed by atoms with Gasteiger partial charge in [-0.15, -0.1) is 22.7 Å². The fourth-order valence-electron chi connectivity index (χ4n) is 2.79. The molecule has 1 amide bonds. The maximum atomic E-state index is 12.5. The Kier molecular flexibility index (Phi) is 6.01. The van der Waals surface area contributed by atoms with Crippen molar-refractivity contribution in [1.82, 2.24) is 15.0 Å². The van der Waals surface area contributed by atoms with E-state index < -0.39 is 0 Å². The van der Waals surface area contributed by atoms with E-state index in [9.17, 15) is 4.79 Å². The molecule has 0 unspecified atom stereocenters. The highest BCUT2D eigenvalue weighted by Crippen LogP contribution is 2.35. The zero-order valence-electron chi connectivity index (χ0n) is 16.3. The number of hydrogen-bond donors (Lipinski definition) is 1. The van der Waals surface area contributed by atoms with Crippen LogP contribution in [0.25, 0.3) is 22.0 Å². The van der Waals surface area contributed by atoms with Gasteiger partial charge in [0.25, 0.3) is 0 Å². The summed E-state index contributed by atoms with van der Waals surface area (Å²) in [6, 6.07) is 11.2. The minimum Gasteiger partial charge on any atom is -0.497 e. The van der Waals surface area contributed by atoms with Crippen LogP contribution in [0.4, 0.5) is 5.13 Å². The molecule has 0 aliphatic carbocycles. The maximum absolute atomic E-state index is 12.5. The van der Waals surface area contributed by atoms with E-state index in [1.54, 1.807) is 20.4 Å². The number of benzene rings is 1. The Morgan fingerprint density at radius 1 is 1.03 bits per heavy atom. The Morgan fingerprint density at radius 3 is 2.70 bits per heavy atom. The van der Waals surface area contributed by atoms with Gasteiger partial charge in [0.2, 0.25) is 5.91 Å². The first kappa shape index (κ1) is 20.0. The first-order chi connectivity index (χ1) is 14.7. The van der Waals surface area contributed by atoms with Crippen LogP contribution in [0.15, 0.2) is 53.4 Å². The first-order valence-electron chi connectivity index (χ1n) is 9.00. The van der Waals surface area contributed by atoms with Crippen molar-refractivity contribution >= 4 is 33.7 Å². The summed E-state index contributed by atoms with van der Waals surface area (Å²) in [5, 5.41) is 7.89. The molecule has 30 heavy (non-hydrogen) atoms. The molecule has 1 N–H and O–H groups in total. The number of anilines is 1. The molecule has 3 aromatic heterocycles. The lowest BCUT2D eigenvalue weighted by atomic mass is 10.1. The van der Waals surface area contributed by atoms with Crippen molar-refractivity contribution in [2.75, 3.05) is 19.5 Å². The quantitative estimate of drug-likeness (QED) is 0.456. The summed E-state index contributed by atoms with van der Waals surface area (Å²) in [4.78, 5) is 25.8. The zero-order valence-corrected chi connectivity index (χ0v) is 17.9. The molecular weight excluding hydrogens is 420 g/mol. The van der Waals surface area contributed by atoms with Gasteiger partial charge in [0.05, 0.1) is 37.7 Å². The predicted octanol–water partition coefficient (Wildman–Crippen LogP) is 4.53. The van der Waals surface area contributed by atoms with E-state index in [1.807, 2.05) is 47.2 Å². The second-order valence-electron chi connectivity index (χ2n) is 6.19. The second-order valence-corrected chi connectivity index (χ2v) is 7.90. The summed E-state index contributed by atoms with van der Waals surface area (Å²) in [6.07, 6.45) is 1.89. The molecule has 3 heterocycles. The third-order valence-electron chi connectivity index (χ3n) is 4.21. The van der Waals surface area contributed by atoms with Crippen LogP contribution in [-0.4, -0.2) is 35.1 Å². The van der Waals surface area contributed by atoms with Gasteiger partial charge in [0.1, 0.15) is 16.5 Å². The molecule has 4 aromatic rings. The van der Waals surface area contributed by atoms with Gasteiger partial charge in [-0.3, -0.25) is 9.78 Å². The smallest absolute Gasteiger partial charge is 0.232 e. The summed E-state index contributed by atoms with van der Waals surface area (Å²) in [5.41, 5.74) is 3.00. The maximum Gasteiger partial charge on any atom is 0.232 e. The average Bonchev–Trinajstić information content (AvgIpc) is 3.43. The number of thiazole rings is 2. The van der Waals surface area contributed by atoms with Gasteiger partial charge in [0.15, 0.2) is 5.13 Å². The normalized spacial score (nSPS) is 10.6. The summed E-state index contributed by atoms with van der Waals surface area (Å²) >= 11 is 2.82. The van der Waals surface area contributed by atoms with Crippen LogP contribution in [0.1, 0.15) is 5.69 Å². The molecule has 0 saturated heterocycles. The minimum atomic E-state index is -0.175. The van der Waals surface area contributed by atoms with Crippen molar-refractivity contribution in [3.05, 3.63) is 59.0 Å². The zero-order chi connectivity index (χ0) is 20.9. The Labute approximate surface area is 181 Å². The number of amides is 1. The number of hydrogen-bond acceptors (Lipinski definition) is 8. The largest absolute Gasteiger partial charge is 0.497 e. The molecule has 7 nitrogen and oxygen atoms in total. The van der Waals surface area contributed by atoms with E-state index in [0.29, 0.717) is 28.0 Å². The van der Waals surface area contributed by atoms with E-state index >= 15 is 0 Å². The van der Waals surface area contributed by atoms with Gasteiger partial charge in [-0.1, -0.05) is 6.07 Å². The van der Waals surface area contributed by atoms with E-state index in [0.717, 1.165) is 16.3 Å². The van der Waals surface area contributed by atoms with E-state index in [-0.39, 0.29) is 12.3 Å². The lowest BCUT2D eigenvalue weighted by Gasteiger charge is -2.08. The van der Waals surface area contributed by atoms with E-state index in [4.69, 9.17) is 9.47 Å². The van der Waals surface area contributed by atoms with Crippen LogP contribution in [0.3, 0.4) is 0 Å². The number of ether oxygens (including phenoxy) is 2. The third-order valence-corrected chi connectivity index (χ3v) is 5.88. The Morgan fingerprint density at radius 2 is 1.93 bits per heavy atom. The number of nitrogens with zero attached hydrogens (tertiary/aromatic N) is 3. The van der Waals surface area contributed by atoms with Gasteiger partial charge in [-0.25, -0.2) is 9.97 Å². The first-order valence-corrected chi connectivity index (χ1v) is 10.8. The predicted molar refractivity (Wildman–Crippen MR) is 118 cm³/mol.